The van der Waals surface area contributed by atoms with Crippen molar-refractivity contribution >= 4 is 17.6 Å². The fourth-order valence-electron chi connectivity index (χ4n) is 3.28. The summed E-state index contributed by atoms with van der Waals surface area (Å²) in [4.78, 5) is 12.7. The highest BCUT2D eigenvalue weighted by Crippen LogP contribution is 2.44. The van der Waals surface area contributed by atoms with Gasteiger partial charge in [-0.25, -0.2) is 9.18 Å². The first-order valence-corrected chi connectivity index (χ1v) is 9.85. The molecule has 1 unspecified atom stereocenters. The minimum absolute atomic E-state index is 0.0440. The van der Waals surface area contributed by atoms with Gasteiger partial charge in [-0.05, 0) is 49.7 Å². The number of hydrogen-bond acceptors (Lipinski definition) is 6. The summed E-state index contributed by atoms with van der Waals surface area (Å²) >= 11 is 6.23. The molecule has 0 saturated carbocycles. The van der Waals surface area contributed by atoms with Gasteiger partial charge in [-0.2, -0.15) is 5.26 Å². The minimum atomic E-state index is -0.889. The molecular formula is C23H20ClFN2O4. The second kappa shape index (κ2) is 9.54. The Labute approximate surface area is 184 Å². The van der Waals surface area contributed by atoms with Crippen molar-refractivity contribution < 1.29 is 23.4 Å². The molecule has 6 nitrogen and oxygen atoms in total. The fourth-order valence-corrected chi connectivity index (χ4v) is 3.46. The molecule has 0 radical (unpaired) electrons. The van der Waals surface area contributed by atoms with Crippen LogP contribution in [0, 0.1) is 17.1 Å². The maximum absolute atomic E-state index is 13.2. The number of rotatable bonds is 6. The van der Waals surface area contributed by atoms with Crippen LogP contribution in [0.2, 0.25) is 5.02 Å². The molecule has 0 aromatic heterocycles. The molecule has 0 amide bonds. The lowest BCUT2D eigenvalue weighted by Crippen LogP contribution is -2.26. The number of nitriles is 1. The fraction of sp³-hybridized carbons (Fsp3) is 0.217. The summed E-state index contributed by atoms with van der Waals surface area (Å²) < 4.78 is 29.7. The second-order valence-corrected chi connectivity index (χ2v) is 7.15. The first kappa shape index (κ1) is 22.2. The zero-order valence-electron chi connectivity index (χ0n) is 16.9. The van der Waals surface area contributed by atoms with Crippen LogP contribution in [0.5, 0.6) is 5.75 Å². The lowest BCUT2D eigenvalue weighted by atomic mass is 9.82. The summed E-state index contributed by atoms with van der Waals surface area (Å²) in [6.45, 7) is 3.53. The number of carbonyl (C=O) groups is 1. The lowest BCUT2D eigenvalue weighted by molar-refractivity contribution is -0.139. The zero-order valence-corrected chi connectivity index (χ0v) is 17.7. The number of benzene rings is 2. The van der Waals surface area contributed by atoms with E-state index >= 15 is 0 Å². The first-order valence-electron chi connectivity index (χ1n) is 9.47. The zero-order chi connectivity index (χ0) is 22.5. The molecule has 3 rings (SSSR count). The molecule has 0 saturated heterocycles. The van der Waals surface area contributed by atoms with Crippen molar-refractivity contribution in [2.24, 2.45) is 5.73 Å². The number of carbonyl (C=O) groups excluding carboxylic acids is 1. The molecule has 0 spiro atoms. The third kappa shape index (κ3) is 4.81. The number of nitrogens with two attached hydrogens (primary N) is 1. The number of ether oxygens (including phenoxy) is 3. The normalized spacial score (nSPS) is 15.9. The van der Waals surface area contributed by atoms with Gasteiger partial charge in [0.05, 0.1) is 18.1 Å². The van der Waals surface area contributed by atoms with E-state index in [1.165, 1.54) is 12.1 Å². The van der Waals surface area contributed by atoms with Gasteiger partial charge in [0, 0.05) is 10.6 Å². The van der Waals surface area contributed by atoms with Crippen molar-refractivity contribution in [3.05, 3.63) is 87.2 Å². The molecule has 0 fully saturated rings. The van der Waals surface area contributed by atoms with Gasteiger partial charge in [0.25, 0.3) is 0 Å². The summed E-state index contributed by atoms with van der Waals surface area (Å²) in [5.74, 6) is -1.37. The molecule has 2 aromatic rings. The SMILES string of the molecule is CCOC(=O)C1=C(C)OC(N)=C(C#N)C1c1cc(Cl)ccc1OCc1ccc(F)cc1. The maximum atomic E-state index is 13.2. The maximum Gasteiger partial charge on any atom is 0.338 e. The average Bonchev–Trinajstić information content (AvgIpc) is 2.73. The van der Waals surface area contributed by atoms with Crippen LogP contribution in [0.25, 0.3) is 0 Å². The summed E-state index contributed by atoms with van der Waals surface area (Å²) in [7, 11) is 0. The third-order valence-corrected chi connectivity index (χ3v) is 4.93. The summed E-state index contributed by atoms with van der Waals surface area (Å²) in [6.07, 6.45) is 0. The highest BCUT2D eigenvalue weighted by Gasteiger charge is 2.38. The van der Waals surface area contributed by atoms with E-state index in [-0.39, 0.29) is 41.8 Å². The molecule has 1 aliphatic heterocycles. The van der Waals surface area contributed by atoms with Crippen molar-refractivity contribution in [1.82, 2.24) is 0 Å². The molecule has 1 atom stereocenters. The Kier molecular flexibility index (Phi) is 6.83. The predicted octanol–water partition coefficient (Wildman–Crippen LogP) is 4.70. The Morgan fingerprint density at radius 3 is 2.65 bits per heavy atom. The van der Waals surface area contributed by atoms with Gasteiger partial charge in [0.2, 0.25) is 5.88 Å². The summed E-state index contributed by atoms with van der Waals surface area (Å²) in [5, 5.41) is 10.1. The number of esters is 1. The van der Waals surface area contributed by atoms with Gasteiger partial charge >= 0.3 is 5.97 Å². The quantitative estimate of drug-likeness (QED) is 0.651. The predicted molar refractivity (Wildman–Crippen MR) is 112 cm³/mol. The molecule has 0 aliphatic carbocycles. The van der Waals surface area contributed by atoms with Gasteiger partial charge in [0.15, 0.2) is 0 Å². The molecule has 2 N–H and O–H groups in total. The van der Waals surface area contributed by atoms with E-state index < -0.39 is 11.9 Å². The van der Waals surface area contributed by atoms with E-state index in [1.54, 1.807) is 44.2 Å². The third-order valence-electron chi connectivity index (χ3n) is 4.69. The van der Waals surface area contributed by atoms with Crippen molar-refractivity contribution in [3.8, 4) is 11.8 Å². The Morgan fingerprint density at radius 2 is 2.00 bits per heavy atom. The Morgan fingerprint density at radius 1 is 1.29 bits per heavy atom. The van der Waals surface area contributed by atoms with Gasteiger partial charge in [-0.3, -0.25) is 0 Å². The number of allylic oxidation sites excluding steroid dienone is 2. The molecule has 1 heterocycles. The first-order chi connectivity index (χ1) is 14.8. The molecule has 160 valence electrons. The van der Waals surface area contributed by atoms with E-state index in [2.05, 4.69) is 0 Å². The van der Waals surface area contributed by atoms with E-state index in [9.17, 15) is 14.4 Å². The lowest BCUT2D eigenvalue weighted by Gasteiger charge is -2.28. The Balaban J connectivity index is 2.07. The smallest absolute Gasteiger partial charge is 0.338 e. The van der Waals surface area contributed by atoms with Crippen LogP contribution in [0.1, 0.15) is 30.9 Å². The monoisotopic (exact) mass is 442 g/mol. The topological polar surface area (TPSA) is 94.6 Å². The number of hydrogen-bond donors (Lipinski definition) is 1. The van der Waals surface area contributed by atoms with E-state index in [1.807, 2.05) is 6.07 Å². The van der Waals surface area contributed by atoms with Gasteiger partial charge in [-0.1, -0.05) is 23.7 Å². The molecular weight excluding hydrogens is 423 g/mol. The van der Waals surface area contributed by atoms with Crippen LogP contribution in [0.4, 0.5) is 4.39 Å². The minimum Gasteiger partial charge on any atom is -0.489 e. The van der Waals surface area contributed by atoms with Crippen LogP contribution in [-0.4, -0.2) is 12.6 Å². The largest absolute Gasteiger partial charge is 0.489 e. The van der Waals surface area contributed by atoms with Gasteiger partial charge in [-0.15, -0.1) is 0 Å². The number of halogens is 2. The average molecular weight is 443 g/mol. The van der Waals surface area contributed by atoms with Crippen LogP contribution < -0.4 is 10.5 Å². The number of nitrogens with zero attached hydrogens (tertiary/aromatic N) is 1. The van der Waals surface area contributed by atoms with E-state index in [0.717, 1.165) is 5.56 Å². The molecule has 1 aliphatic rings. The second-order valence-electron chi connectivity index (χ2n) is 6.71. The Bertz CT molecular complexity index is 1100. The summed E-state index contributed by atoms with van der Waals surface area (Å²) in [6, 6.07) is 12.8. The van der Waals surface area contributed by atoms with Crippen molar-refractivity contribution in [2.75, 3.05) is 6.61 Å². The van der Waals surface area contributed by atoms with Crippen molar-refractivity contribution in [2.45, 2.75) is 26.4 Å². The van der Waals surface area contributed by atoms with Crippen molar-refractivity contribution in [1.29, 1.82) is 5.26 Å². The van der Waals surface area contributed by atoms with Crippen LogP contribution in [-0.2, 0) is 20.9 Å². The summed E-state index contributed by atoms with van der Waals surface area (Å²) in [5.41, 5.74) is 7.33. The van der Waals surface area contributed by atoms with Gasteiger partial charge < -0.3 is 19.9 Å². The highest BCUT2D eigenvalue weighted by atomic mass is 35.5. The Hall–Kier alpha value is -3.50. The molecule has 0 bridgehead atoms. The van der Waals surface area contributed by atoms with Crippen molar-refractivity contribution in [3.63, 3.8) is 0 Å². The van der Waals surface area contributed by atoms with E-state index in [0.29, 0.717) is 16.3 Å². The van der Waals surface area contributed by atoms with Crippen LogP contribution in [0.15, 0.2) is 65.3 Å². The standard InChI is InChI=1S/C23H20ClFN2O4/c1-3-29-23(28)20-13(2)31-22(27)18(11-26)21(20)17-10-15(24)6-9-19(17)30-12-14-4-7-16(25)8-5-14/h4-10,21H,3,12,27H2,1-2H3. The molecule has 2 aromatic carbocycles. The highest BCUT2D eigenvalue weighted by molar-refractivity contribution is 6.30. The van der Waals surface area contributed by atoms with E-state index in [4.69, 9.17) is 31.5 Å². The van der Waals surface area contributed by atoms with Crippen LogP contribution >= 0.6 is 11.6 Å². The van der Waals surface area contributed by atoms with Crippen LogP contribution in [0.3, 0.4) is 0 Å². The molecule has 8 heteroatoms. The molecule has 31 heavy (non-hydrogen) atoms. The van der Waals surface area contributed by atoms with Gasteiger partial charge in [0.1, 0.15) is 35.6 Å².